The molecule has 1 aliphatic carbocycles. The van der Waals surface area contributed by atoms with E-state index in [2.05, 4.69) is 64.9 Å². The zero-order valence-corrected chi connectivity index (χ0v) is 25.9. The molecule has 0 bridgehead atoms. The number of amides is 1. The van der Waals surface area contributed by atoms with Crippen LogP contribution in [0.1, 0.15) is 72.4 Å². The van der Waals surface area contributed by atoms with E-state index in [9.17, 15) is 9.18 Å². The summed E-state index contributed by atoms with van der Waals surface area (Å²) in [6, 6.07) is 10.7. The summed E-state index contributed by atoms with van der Waals surface area (Å²) < 4.78 is 16.7. The van der Waals surface area contributed by atoms with E-state index in [-0.39, 0.29) is 18.0 Å². The molecule has 0 unspecified atom stereocenters. The van der Waals surface area contributed by atoms with Crippen LogP contribution in [0, 0.1) is 11.2 Å². The van der Waals surface area contributed by atoms with Gasteiger partial charge in [-0.25, -0.2) is 14.4 Å². The van der Waals surface area contributed by atoms with Crippen LogP contribution in [0.2, 0.25) is 0 Å². The van der Waals surface area contributed by atoms with Gasteiger partial charge in [-0.05, 0) is 82.7 Å². The van der Waals surface area contributed by atoms with E-state index in [1.54, 1.807) is 18.6 Å². The molecule has 3 aliphatic rings. The number of benzene rings is 1. The number of imidazole rings is 1. The molecule has 43 heavy (non-hydrogen) atoms. The van der Waals surface area contributed by atoms with E-state index in [1.807, 2.05) is 30.5 Å². The first-order chi connectivity index (χ1) is 20.4. The second-order valence-corrected chi connectivity index (χ2v) is 14.1. The standard InChI is InChI=1S/C34H40FN7O/c1-20(2)41-19-37-28-16-27(39-31(30(28)41)38-26-9-11-36-17-25(26)35)21-7-8-24-29(13-21)42(32(43)34(24,5)6)23-14-22(15-23)40-12-10-33(3,4)18-40/h7-9,11,13,16-17,19-20,22-23H,10,12,14-15,18H2,1-6H3,(H,36,38,39). The van der Waals surface area contributed by atoms with Gasteiger partial charge in [0.15, 0.2) is 11.6 Å². The Labute approximate surface area is 252 Å². The maximum absolute atomic E-state index is 14.6. The molecule has 4 aromatic rings. The van der Waals surface area contributed by atoms with Crippen LogP contribution in [-0.2, 0) is 10.2 Å². The fourth-order valence-corrected chi connectivity index (χ4v) is 7.13. The SMILES string of the molecule is CC(C)n1cnc2cc(-c3ccc4c(c3)N(C3CC(N5CCC(C)(C)C5)C3)C(=O)C4(C)C)nc(Nc3ccncc3F)c21. The van der Waals surface area contributed by atoms with E-state index < -0.39 is 11.2 Å². The molecule has 3 aromatic heterocycles. The van der Waals surface area contributed by atoms with Crippen LogP contribution < -0.4 is 10.2 Å². The van der Waals surface area contributed by atoms with Crippen LogP contribution in [0.3, 0.4) is 0 Å². The van der Waals surface area contributed by atoms with Crippen LogP contribution in [0.25, 0.3) is 22.3 Å². The minimum absolute atomic E-state index is 0.139. The highest BCUT2D eigenvalue weighted by Crippen LogP contribution is 2.48. The van der Waals surface area contributed by atoms with Crippen molar-refractivity contribution in [1.29, 1.82) is 0 Å². The van der Waals surface area contributed by atoms with Crippen molar-refractivity contribution in [2.75, 3.05) is 23.3 Å². The fourth-order valence-electron chi connectivity index (χ4n) is 7.13. The molecule has 1 saturated carbocycles. The molecular weight excluding hydrogens is 541 g/mol. The van der Waals surface area contributed by atoms with E-state index in [1.165, 1.54) is 12.6 Å². The minimum atomic E-state index is -0.590. The lowest BCUT2D eigenvalue weighted by atomic mass is 9.83. The third-order valence-electron chi connectivity index (χ3n) is 9.79. The number of hydrogen-bond donors (Lipinski definition) is 1. The molecule has 8 nitrogen and oxygen atoms in total. The van der Waals surface area contributed by atoms with E-state index in [0.717, 1.165) is 53.8 Å². The molecule has 1 saturated heterocycles. The first kappa shape index (κ1) is 28.0. The Morgan fingerprint density at radius 2 is 1.86 bits per heavy atom. The largest absolute Gasteiger partial charge is 0.336 e. The second kappa shape index (κ2) is 9.84. The molecule has 224 valence electrons. The molecule has 0 atom stereocenters. The lowest BCUT2D eigenvalue weighted by Crippen LogP contribution is -2.56. The first-order valence-electron chi connectivity index (χ1n) is 15.4. The Kier molecular flexibility index (Phi) is 6.40. The Balaban J connectivity index is 1.26. The third kappa shape index (κ3) is 4.60. The van der Waals surface area contributed by atoms with Crippen molar-refractivity contribution in [2.24, 2.45) is 5.41 Å². The number of nitrogens with zero attached hydrogens (tertiary/aromatic N) is 6. The van der Waals surface area contributed by atoms with Crippen molar-refractivity contribution in [1.82, 2.24) is 24.4 Å². The van der Waals surface area contributed by atoms with E-state index in [0.29, 0.717) is 28.7 Å². The molecule has 2 fully saturated rings. The van der Waals surface area contributed by atoms with Crippen molar-refractivity contribution in [2.45, 2.75) is 84.3 Å². The molecule has 1 amide bonds. The van der Waals surface area contributed by atoms with Crippen molar-refractivity contribution < 1.29 is 9.18 Å². The van der Waals surface area contributed by atoms with Gasteiger partial charge in [0.1, 0.15) is 5.52 Å². The molecule has 0 radical (unpaired) electrons. The average Bonchev–Trinajstić information content (AvgIpc) is 3.58. The number of aromatic nitrogens is 4. The summed E-state index contributed by atoms with van der Waals surface area (Å²) in [4.78, 5) is 32.1. The molecular formula is C34H40FN7O. The predicted molar refractivity (Wildman–Crippen MR) is 168 cm³/mol. The number of fused-ring (bicyclic) bond motifs is 2. The summed E-state index contributed by atoms with van der Waals surface area (Å²) >= 11 is 0. The maximum Gasteiger partial charge on any atom is 0.237 e. The number of likely N-dealkylation sites (tertiary alicyclic amines) is 1. The zero-order valence-electron chi connectivity index (χ0n) is 25.9. The first-order valence-corrected chi connectivity index (χ1v) is 15.4. The zero-order chi connectivity index (χ0) is 30.3. The smallest absolute Gasteiger partial charge is 0.237 e. The molecule has 1 aromatic carbocycles. The number of carbonyl (C=O) groups excluding carboxylic acids is 1. The number of carbonyl (C=O) groups is 1. The van der Waals surface area contributed by atoms with Crippen LogP contribution in [0.5, 0.6) is 0 Å². The second-order valence-electron chi connectivity index (χ2n) is 14.1. The normalized spacial score (nSPS) is 22.8. The van der Waals surface area contributed by atoms with E-state index >= 15 is 0 Å². The minimum Gasteiger partial charge on any atom is -0.336 e. The molecule has 7 rings (SSSR count). The topological polar surface area (TPSA) is 79.2 Å². The monoisotopic (exact) mass is 581 g/mol. The van der Waals surface area contributed by atoms with Crippen LogP contribution in [0.4, 0.5) is 21.6 Å². The summed E-state index contributed by atoms with van der Waals surface area (Å²) in [5, 5.41) is 3.21. The summed E-state index contributed by atoms with van der Waals surface area (Å²) in [5.74, 6) is 0.232. The number of anilines is 3. The lowest BCUT2D eigenvalue weighted by Gasteiger charge is -2.46. The molecule has 0 spiro atoms. The molecule has 5 heterocycles. The van der Waals surface area contributed by atoms with Crippen LogP contribution in [0.15, 0.2) is 49.1 Å². The van der Waals surface area contributed by atoms with Gasteiger partial charge in [0.25, 0.3) is 0 Å². The fraction of sp³-hybridized carbons (Fsp3) is 0.471. The van der Waals surface area contributed by atoms with Crippen molar-refractivity contribution in [3.05, 3.63) is 60.4 Å². The Hall–Kier alpha value is -3.85. The summed E-state index contributed by atoms with van der Waals surface area (Å²) in [5.41, 5.74) is 5.28. The maximum atomic E-state index is 14.6. The van der Waals surface area contributed by atoms with Gasteiger partial charge >= 0.3 is 0 Å². The highest BCUT2D eigenvalue weighted by molar-refractivity contribution is 6.08. The molecule has 2 aliphatic heterocycles. The molecule has 1 N–H and O–H groups in total. The number of rotatable bonds is 6. The summed E-state index contributed by atoms with van der Waals surface area (Å²) in [6.07, 6.45) is 7.78. The summed E-state index contributed by atoms with van der Waals surface area (Å²) in [6.45, 7) is 15.2. The van der Waals surface area contributed by atoms with Gasteiger partial charge in [-0.3, -0.25) is 14.7 Å². The van der Waals surface area contributed by atoms with Gasteiger partial charge in [0.2, 0.25) is 5.91 Å². The average molecular weight is 582 g/mol. The number of hydrogen-bond acceptors (Lipinski definition) is 6. The number of nitrogens with one attached hydrogen (secondary N) is 1. The third-order valence-corrected chi connectivity index (χ3v) is 9.79. The van der Waals surface area contributed by atoms with Crippen molar-refractivity contribution >= 4 is 34.1 Å². The molecule has 9 heteroatoms. The van der Waals surface area contributed by atoms with Gasteiger partial charge in [-0.2, -0.15) is 0 Å². The van der Waals surface area contributed by atoms with Crippen molar-refractivity contribution in [3.8, 4) is 11.3 Å². The lowest BCUT2D eigenvalue weighted by molar-refractivity contribution is -0.123. The van der Waals surface area contributed by atoms with Crippen molar-refractivity contribution in [3.63, 3.8) is 0 Å². The van der Waals surface area contributed by atoms with Gasteiger partial charge in [-0.1, -0.05) is 26.0 Å². The Morgan fingerprint density at radius 3 is 2.56 bits per heavy atom. The predicted octanol–water partition coefficient (Wildman–Crippen LogP) is 6.84. The number of halogens is 1. The van der Waals surface area contributed by atoms with Gasteiger partial charge in [-0.15, -0.1) is 0 Å². The van der Waals surface area contributed by atoms with Crippen LogP contribution >= 0.6 is 0 Å². The van der Waals surface area contributed by atoms with Gasteiger partial charge < -0.3 is 14.8 Å². The number of pyridine rings is 2. The highest BCUT2D eigenvalue weighted by atomic mass is 19.1. The van der Waals surface area contributed by atoms with Gasteiger partial charge in [0.05, 0.1) is 34.8 Å². The Bertz CT molecular complexity index is 1740. The quantitative estimate of drug-likeness (QED) is 0.269. The van der Waals surface area contributed by atoms with Gasteiger partial charge in [0, 0.05) is 42.1 Å². The highest BCUT2D eigenvalue weighted by Gasteiger charge is 2.51. The van der Waals surface area contributed by atoms with Crippen LogP contribution in [-0.4, -0.2) is 55.5 Å². The summed E-state index contributed by atoms with van der Waals surface area (Å²) in [7, 11) is 0. The van der Waals surface area contributed by atoms with E-state index in [4.69, 9.17) is 4.98 Å². The Morgan fingerprint density at radius 1 is 1.07 bits per heavy atom.